The molecule has 11 heteroatoms. The monoisotopic (exact) mass is 463 g/mol. The molecule has 2 saturated heterocycles. The summed E-state index contributed by atoms with van der Waals surface area (Å²) >= 11 is 0. The second-order valence-electron chi connectivity index (χ2n) is 8.62. The number of likely N-dealkylation sites (tertiary alicyclic amines) is 2. The summed E-state index contributed by atoms with van der Waals surface area (Å²) in [5, 5.41) is 6.63. The Morgan fingerprint density at radius 2 is 1.65 bits per heavy atom. The van der Waals surface area contributed by atoms with Crippen LogP contribution >= 0.6 is 0 Å². The van der Waals surface area contributed by atoms with Gasteiger partial charge in [-0.2, -0.15) is 9.97 Å². The zero-order chi connectivity index (χ0) is 23.3. The van der Waals surface area contributed by atoms with Gasteiger partial charge in [-0.15, -0.1) is 0 Å². The molecule has 0 bridgehead atoms. The van der Waals surface area contributed by atoms with E-state index in [1.165, 1.54) is 0 Å². The van der Waals surface area contributed by atoms with Crippen molar-refractivity contribution < 1.29 is 9.59 Å². The predicted molar refractivity (Wildman–Crippen MR) is 128 cm³/mol. The Kier molecular flexibility index (Phi) is 6.50. The minimum absolute atomic E-state index is 0.206. The molecule has 0 aromatic carbocycles. The van der Waals surface area contributed by atoms with E-state index in [2.05, 4.69) is 25.6 Å². The van der Waals surface area contributed by atoms with Crippen molar-refractivity contribution in [1.29, 1.82) is 0 Å². The molecule has 178 valence electrons. The number of pyridine rings is 1. The largest absolute Gasteiger partial charge is 0.368 e. The molecule has 11 nitrogen and oxygen atoms in total. The number of hydrogen-bond donors (Lipinski definition) is 2. The first-order valence-corrected chi connectivity index (χ1v) is 11.9. The van der Waals surface area contributed by atoms with Gasteiger partial charge in [0.25, 0.3) is 0 Å². The first-order valence-electron chi connectivity index (χ1n) is 11.9. The number of fused-ring (bicyclic) bond motifs is 1. The van der Waals surface area contributed by atoms with E-state index in [1.54, 1.807) is 18.7 Å². The van der Waals surface area contributed by atoms with Crippen molar-refractivity contribution in [3.8, 4) is 0 Å². The minimum Gasteiger partial charge on any atom is -0.368 e. The van der Waals surface area contributed by atoms with E-state index >= 15 is 0 Å². The van der Waals surface area contributed by atoms with Crippen LogP contribution in [0.3, 0.4) is 0 Å². The predicted octanol–water partition coefficient (Wildman–Crippen LogP) is 2.01. The van der Waals surface area contributed by atoms with Crippen molar-refractivity contribution in [3.63, 3.8) is 0 Å². The van der Waals surface area contributed by atoms with E-state index in [4.69, 9.17) is 4.98 Å². The highest BCUT2D eigenvalue weighted by Crippen LogP contribution is 2.23. The molecule has 0 saturated carbocycles. The average molecular weight is 464 g/mol. The van der Waals surface area contributed by atoms with Gasteiger partial charge in [0, 0.05) is 70.2 Å². The number of carbonyl (C=O) groups excluding carboxylic acids is 2. The van der Waals surface area contributed by atoms with Crippen LogP contribution in [0.5, 0.6) is 0 Å². The first-order chi connectivity index (χ1) is 16.7. The SMILES string of the molecule is O=C1CCCN1CCCNc1nc(Nc2ccncc2)nc2c1ncn2CCN1CCCC1=O. The number of carbonyl (C=O) groups is 2. The van der Waals surface area contributed by atoms with Gasteiger partial charge in [-0.25, -0.2) is 4.98 Å². The van der Waals surface area contributed by atoms with Crippen molar-refractivity contribution in [3.05, 3.63) is 30.9 Å². The van der Waals surface area contributed by atoms with Gasteiger partial charge in [-0.3, -0.25) is 14.6 Å². The molecule has 5 rings (SSSR count). The smallest absolute Gasteiger partial charge is 0.231 e. The maximum absolute atomic E-state index is 12.0. The fourth-order valence-corrected chi connectivity index (χ4v) is 4.44. The van der Waals surface area contributed by atoms with Crippen molar-refractivity contribution in [2.45, 2.75) is 38.6 Å². The van der Waals surface area contributed by atoms with E-state index in [9.17, 15) is 9.59 Å². The molecule has 0 unspecified atom stereocenters. The van der Waals surface area contributed by atoms with E-state index in [0.717, 1.165) is 44.6 Å². The number of imidazole rings is 1. The summed E-state index contributed by atoms with van der Waals surface area (Å²) in [6.07, 6.45) is 9.14. The Labute approximate surface area is 197 Å². The van der Waals surface area contributed by atoms with Crippen molar-refractivity contribution >= 4 is 40.4 Å². The highest BCUT2D eigenvalue weighted by molar-refractivity contribution is 5.85. The molecule has 3 aromatic rings. The van der Waals surface area contributed by atoms with E-state index in [0.29, 0.717) is 55.4 Å². The number of anilines is 3. The molecule has 3 aromatic heterocycles. The highest BCUT2D eigenvalue weighted by atomic mass is 16.2. The topological polar surface area (TPSA) is 121 Å². The Bertz CT molecular complexity index is 1160. The number of amides is 2. The van der Waals surface area contributed by atoms with Gasteiger partial charge in [-0.1, -0.05) is 0 Å². The van der Waals surface area contributed by atoms with Gasteiger partial charge in [0.05, 0.1) is 6.33 Å². The normalized spacial score (nSPS) is 16.1. The van der Waals surface area contributed by atoms with Crippen LogP contribution in [0.2, 0.25) is 0 Å². The summed E-state index contributed by atoms with van der Waals surface area (Å²) in [6, 6.07) is 3.70. The maximum atomic E-state index is 12.0. The third-order valence-electron chi connectivity index (χ3n) is 6.25. The number of nitrogens with one attached hydrogen (secondary N) is 2. The van der Waals surface area contributed by atoms with Crippen LogP contribution in [0.25, 0.3) is 11.2 Å². The lowest BCUT2D eigenvalue weighted by atomic mass is 10.3. The summed E-state index contributed by atoms with van der Waals surface area (Å²) in [7, 11) is 0. The molecule has 2 amide bonds. The molecular weight excluding hydrogens is 434 g/mol. The fourth-order valence-electron chi connectivity index (χ4n) is 4.44. The van der Waals surface area contributed by atoms with Gasteiger partial charge in [0.1, 0.15) is 0 Å². The summed E-state index contributed by atoms with van der Waals surface area (Å²) in [4.78, 5) is 45.7. The number of hydrogen-bond acceptors (Lipinski definition) is 8. The third-order valence-corrected chi connectivity index (χ3v) is 6.25. The summed E-state index contributed by atoms with van der Waals surface area (Å²) in [6.45, 7) is 4.31. The molecule has 0 aliphatic carbocycles. The summed E-state index contributed by atoms with van der Waals surface area (Å²) in [5.74, 6) is 1.54. The van der Waals surface area contributed by atoms with Gasteiger partial charge < -0.3 is 25.0 Å². The highest BCUT2D eigenvalue weighted by Gasteiger charge is 2.21. The molecule has 2 aliphatic rings. The van der Waals surface area contributed by atoms with Gasteiger partial charge in [0.15, 0.2) is 17.0 Å². The van der Waals surface area contributed by atoms with Gasteiger partial charge in [-0.05, 0) is 31.4 Å². The van der Waals surface area contributed by atoms with E-state index in [-0.39, 0.29) is 11.8 Å². The van der Waals surface area contributed by atoms with E-state index < -0.39 is 0 Å². The van der Waals surface area contributed by atoms with E-state index in [1.807, 2.05) is 26.5 Å². The van der Waals surface area contributed by atoms with Gasteiger partial charge >= 0.3 is 0 Å². The second kappa shape index (κ2) is 10.0. The molecule has 2 aliphatic heterocycles. The van der Waals surface area contributed by atoms with Crippen LogP contribution in [0.1, 0.15) is 32.1 Å². The lowest BCUT2D eigenvalue weighted by Crippen LogP contribution is -2.28. The number of aromatic nitrogens is 5. The van der Waals surface area contributed by atoms with Crippen LogP contribution in [0.4, 0.5) is 17.5 Å². The Hall–Kier alpha value is -3.76. The molecule has 5 heterocycles. The molecule has 34 heavy (non-hydrogen) atoms. The van der Waals surface area contributed by atoms with Crippen LogP contribution < -0.4 is 10.6 Å². The Balaban J connectivity index is 1.33. The molecular formula is C23H29N9O2. The van der Waals surface area contributed by atoms with Crippen LogP contribution in [-0.4, -0.2) is 78.8 Å². The first kappa shape index (κ1) is 22.1. The van der Waals surface area contributed by atoms with Crippen LogP contribution in [0.15, 0.2) is 30.9 Å². The average Bonchev–Trinajstić information content (AvgIpc) is 3.56. The van der Waals surface area contributed by atoms with Crippen LogP contribution in [0, 0.1) is 0 Å². The fraction of sp³-hybridized carbons (Fsp3) is 0.478. The van der Waals surface area contributed by atoms with Crippen molar-refractivity contribution in [2.75, 3.05) is 43.4 Å². The number of nitrogens with zero attached hydrogens (tertiary/aromatic N) is 7. The molecule has 2 N–H and O–H groups in total. The summed E-state index contributed by atoms with van der Waals surface area (Å²) < 4.78 is 1.97. The zero-order valence-corrected chi connectivity index (χ0v) is 19.1. The number of rotatable bonds is 10. The molecule has 2 fully saturated rings. The lowest BCUT2D eigenvalue weighted by molar-refractivity contribution is -0.128. The van der Waals surface area contributed by atoms with Crippen molar-refractivity contribution in [1.82, 2.24) is 34.3 Å². The second-order valence-corrected chi connectivity index (χ2v) is 8.62. The van der Waals surface area contributed by atoms with Gasteiger partial charge in [0.2, 0.25) is 17.8 Å². The Morgan fingerprint density at radius 1 is 0.912 bits per heavy atom. The standard InChI is InChI=1S/C23H29N9O2/c33-18-4-1-11-30(18)13-3-8-25-21-20-22(29-23(28-21)27-17-6-9-24-10-7-17)32(16-26-20)15-14-31-12-2-5-19(31)34/h6-7,9-10,16H,1-5,8,11-15H2,(H2,24,25,27,28,29). The molecule has 0 radical (unpaired) electrons. The summed E-state index contributed by atoms with van der Waals surface area (Å²) in [5.41, 5.74) is 2.22. The third kappa shape index (κ3) is 4.92. The van der Waals surface area contributed by atoms with Crippen LogP contribution in [-0.2, 0) is 16.1 Å². The maximum Gasteiger partial charge on any atom is 0.231 e. The Morgan fingerprint density at radius 3 is 2.35 bits per heavy atom. The van der Waals surface area contributed by atoms with Crippen molar-refractivity contribution in [2.24, 2.45) is 0 Å². The lowest BCUT2D eigenvalue weighted by Gasteiger charge is -2.16. The minimum atomic E-state index is 0.206. The molecule has 0 atom stereocenters. The quantitative estimate of drug-likeness (QED) is 0.438. The molecule has 0 spiro atoms. The zero-order valence-electron chi connectivity index (χ0n) is 19.1.